The lowest BCUT2D eigenvalue weighted by atomic mass is 10.3. The number of halogens is 1. The van der Waals surface area contributed by atoms with Crippen LogP contribution in [-0.2, 0) is 0 Å². The molecule has 0 aliphatic rings. The van der Waals surface area contributed by atoms with Gasteiger partial charge in [0.2, 0.25) is 0 Å². The molecule has 0 aliphatic heterocycles. The normalized spacial score (nSPS) is 10.5. The largest absolute Gasteiger partial charge is 0.395 e. The number of rotatable bonds is 4. The first-order valence-electron chi connectivity index (χ1n) is 5.11. The van der Waals surface area contributed by atoms with Gasteiger partial charge in [-0.15, -0.1) is 21.5 Å². The van der Waals surface area contributed by atoms with Crippen molar-refractivity contribution < 1.29 is 5.11 Å². The lowest BCUT2D eigenvalue weighted by Gasteiger charge is -2.15. The standard InChI is InChI=1S/C11H12BrN3OS/c1-15(4-5-16)11-3-2-9(13-14-11)10-6-8(12)7-17-10/h2-3,6-7,16H,4-5H2,1H3. The molecule has 0 bridgehead atoms. The molecule has 2 aromatic heterocycles. The molecule has 1 N–H and O–H groups in total. The molecule has 4 nitrogen and oxygen atoms in total. The highest BCUT2D eigenvalue weighted by molar-refractivity contribution is 9.10. The van der Waals surface area contributed by atoms with Crippen LogP contribution in [0.25, 0.3) is 10.6 Å². The van der Waals surface area contributed by atoms with Crippen molar-refractivity contribution in [2.75, 3.05) is 25.1 Å². The van der Waals surface area contributed by atoms with Crippen LogP contribution in [-0.4, -0.2) is 35.5 Å². The van der Waals surface area contributed by atoms with Gasteiger partial charge >= 0.3 is 0 Å². The molecule has 0 spiro atoms. The van der Waals surface area contributed by atoms with Gasteiger partial charge in [-0.3, -0.25) is 0 Å². The van der Waals surface area contributed by atoms with Gasteiger partial charge in [0.25, 0.3) is 0 Å². The van der Waals surface area contributed by atoms with Gasteiger partial charge in [0.15, 0.2) is 5.82 Å². The Bertz CT molecular complexity index is 486. The molecule has 6 heteroatoms. The molecule has 0 saturated carbocycles. The van der Waals surface area contributed by atoms with Crippen molar-refractivity contribution >= 4 is 33.1 Å². The monoisotopic (exact) mass is 313 g/mol. The maximum Gasteiger partial charge on any atom is 0.151 e. The first-order chi connectivity index (χ1) is 8.20. The van der Waals surface area contributed by atoms with Gasteiger partial charge in [-0.1, -0.05) is 0 Å². The van der Waals surface area contributed by atoms with Crippen LogP contribution < -0.4 is 4.90 Å². The summed E-state index contributed by atoms with van der Waals surface area (Å²) in [6.45, 7) is 0.663. The number of anilines is 1. The van der Waals surface area contributed by atoms with E-state index in [0.717, 1.165) is 20.9 Å². The van der Waals surface area contributed by atoms with E-state index in [4.69, 9.17) is 5.11 Å². The summed E-state index contributed by atoms with van der Waals surface area (Å²) in [5.74, 6) is 0.762. The van der Waals surface area contributed by atoms with E-state index in [9.17, 15) is 0 Å². The Morgan fingerprint density at radius 1 is 1.41 bits per heavy atom. The van der Waals surface area contributed by atoms with E-state index < -0.39 is 0 Å². The number of hydrogen-bond donors (Lipinski definition) is 1. The number of hydrogen-bond acceptors (Lipinski definition) is 5. The minimum Gasteiger partial charge on any atom is -0.395 e. The Morgan fingerprint density at radius 2 is 2.24 bits per heavy atom. The van der Waals surface area contributed by atoms with Crippen molar-refractivity contribution in [1.29, 1.82) is 0 Å². The SMILES string of the molecule is CN(CCO)c1ccc(-c2cc(Br)cs2)nn1. The second kappa shape index (κ2) is 5.57. The fraction of sp³-hybridized carbons (Fsp3) is 0.273. The molecule has 0 aromatic carbocycles. The third-order valence-electron chi connectivity index (χ3n) is 2.30. The van der Waals surface area contributed by atoms with Crippen molar-refractivity contribution in [1.82, 2.24) is 10.2 Å². The average molecular weight is 314 g/mol. The predicted molar refractivity (Wildman–Crippen MR) is 73.4 cm³/mol. The van der Waals surface area contributed by atoms with Crippen LogP contribution in [0.3, 0.4) is 0 Å². The van der Waals surface area contributed by atoms with Gasteiger partial charge in [-0.2, -0.15) is 0 Å². The summed E-state index contributed by atoms with van der Waals surface area (Å²) >= 11 is 5.04. The fourth-order valence-electron chi connectivity index (χ4n) is 1.37. The third-order valence-corrected chi connectivity index (χ3v) is 4.01. The van der Waals surface area contributed by atoms with E-state index in [-0.39, 0.29) is 6.61 Å². The van der Waals surface area contributed by atoms with Crippen LogP contribution in [0.5, 0.6) is 0 Å². The van der Waals surface area contributed by atoms with Crippen LogP contribution in [0.4, 0.5) is 5.82 Å². The highest BCUT2D eigenvalue weighted by Gasteiger charge is 2.06. The number of likely N-dealkylation sites (N-methyl/N-ethyl adjacent to an activating group) is 1. The molecule has 0 atom stereocenters. The summed E-state index contributed by atoms with van der Waals surface area (Å²) in [5.41, 5.74) is 0.863. The van der Waals surface area contributed by atoms with Gasteiger partial charge in [-0.25, -0.2) is 0 Å². The summed E-state index contributed by atoms with van der Waals surface area (Å²) in [7, 11) is 1.88. The number of aliphatic hydroxyl groups is 1. The molecule has 0 saturated heterocycles. The van der Waals surface area contributed by atoms with Gasteiger partial charge in [-0.05, 0) is 34.1 Å². The lowest BCUT2D eigenvalue weighted by Crippen LogP contribution is -2.22. The average Bonchev–Trinajstić information content (AvgIpc) is 2.76. The first-order valence-corrected chi connectivity index (χ1v) is 6.78. The summed E-state index contributed by atoms with van der Waals surface area (Å²) in [6.07, 6.45) is 0. The van der Waals surface area contributed by atoms with E-state index in [1.165, 1.54) is 0 Å². The minimum absolute atomic E-state index is 0.109. The summed E-state index contributed by atoms with van der Waals surface area (Å²) in [6, 6.07) is 5.87. The molecule has 0 aliphatic carbocycles. The molecule has 0 fully saturated rings. The molecule has 0 amide bonds. The number of thiophene rings is 1. The molecule has 0 unspecified atom stereocenters. The van der Waals surface area contributed by atoms with E-state index >= 15 is 0 Å². The van der Waals surface area contributed by atoms with Crippen molar-refractivity contribution in [3.8, 4) is 10.6 Å². The molecule has 2 heterocycles. The quantitative estimate of drug-likeness (QED) is 0.941. The van der Waals surface area contributed by atoms with E-state index in [0.29, 0.717) is 6.54 Å². The Morgan fingerprint density at radius 3 is 2.76 bits per heavy atom. The third kappa shape index (κ3) is 3.02. The molecule has 2 aromatic rings. The van der Waals surface area contributed by atoms with Crippen molar-refractivity contribution in [2.45, 2.75) is 0 Å². The van der Waals surface area contributed by atoms with Crippen LogP contribution in [0, 0.1) is 0 Å². The van der Waals surface area contributed by atoms with Crippen molar-refractivity contribution in [3.63, 3.8) is 0 Å². The maximum atomic E-state index is 8.84. The van der Waals surface area contributed by atoms with Crippen LogP contribution in [0.1, 0.15) is 0 Å². The Balaban J connectivity index is 2.18. The fourth-order valence-corrected chi connectivity index (χ4v) is 2.77. The van der Waals surface area contributed by atoms with Gasteiger partial charge in [0, 0.05) is 23.4 Å². The zero-order valence-corrected chi connectivity index (χ0v) is 11.7. The van der Waals surface area contributed by atoms with Crippen LogP contribution in [0.15, 0.2) is 28.1 Å². The molecule has 0 radical (unpaired) electrons. The highest BCUT2D eigenvalue weighted by Crippen LogP contribution is 2.28. The first kappa shape index (κ1) is 12.5. The van der Waals surface area contributed by atoms with E-state index in [1.54, 1.807) is 11.3 Å². The molecular formula is C11H12BrN3OS. The summed E-state index contributed by atoms with van der Waals surface area (Å²) in [5, 5.41) is 19.2. The van der Waals surface area contributed by atoms with Crippen molar-refractivity contribution in [3.05, 3.63) is 28.1 Å². The highest BCUT2D eigenvalue weighted by atomic mass is 79.9. The van der Waals surface area contributed by atoms with Gasteiger partial charge in [0.05, 0.1) is 11.5 Å². The number of aromatic nitrogens is 2. The molecular weight excluding hydrogens is 302 g/mol. The zero-order chi connectivity index (χ0) is 12.3. The predicted octanol–water partition coefficient (Wildman–Crippen LogP) is 2.40. The Labute approximate surface area is 112 Å². The maximum absolute atomic E-state index is 8.84. The molecule has 90 valence electrons. The van der Waals surface area contributed by atoms with Gasteiger partial charge in [0.1, 0.15) is 5.69 Å². The Hall–Kier alpha value is -0.980. The molecule has 17 heavy (non-hydrogen) atoms. The second-order valence-electron chi connectivity index (χ2n) is 3.55. The van der Waals surface area contributed by atoms with Crippen LogP contribution in [0.2, 0.25) is 0 Å². The number of aliphatic hydroxyl groups excluding tert-OH is 1. The van der Waals surface area contributed by atoms with Crippen LogP contribution >= 0.6 is 27.3 Å². The number of nitrogens with zero attached hydrogens (tertiary/aromatic N) is 3. The van der Waals surface area contributed by atoms with Crippen molar-refractivity contribution in [2.24, 2.45) is 0 Å². The lowest BCUT2D eigenvalue weighted by molar-refractivity contribution is 0.303. The van der Waals surface area contributed by atoms with Gasteiger partial charge < -0.3 is 10.0 Å². The summed E-state index contributed by atoms with van der Waals surface area (Å²) < 4.78 is 1.06. The molecule has 2 rings (SSSR count). The topological polar surface area (TPSA) is 49.2 Å². The zero-order valence-electron chi connectivity index (χ0n) is 9.30. The van der Waals surface area contributed by atoms with E-state index in [1.807, 2.05) is 35.5 Å². The second-order valence-corrected chi connectivity index (χ2v) is 5.38. The minimum atomic E-state index is 0.109. The van der Waals surface area contributed by atoms with E-state index in [2.05, 4.69) is 26.1 Å². The smallest absolute Gasteiger partial charge is 0.151 e. The summed E-state index contributed by atoms with van der Waals surface area (Å²) in [4.78, 5) is 2.95. The Kier molecular flexibility index (Phi) is 4.09.